The molecule has 216 valence electrons. The number of rotatable bonds is 9. The highest BCUT2D eigenvalue weighted by Crippen LogP contribution is 2.40. The van der Waals surface area contributed by atoms with Crippen LogP contribution in [0.15, 0.2) is 24.4 Å². The highest BCUT2D eigenvalue weighted by atomic mass is 19.3. The Kier molecular flexibility index (Phi) is 7.18. The molecule has 1 saturated carbocycles. The van der Waals surface area contributed by atoms with Crippen LogP contribution in [-0.4, -0.2) is 43.8 Å². The monoisotopic (exact) mass is 568 g/mol. The van der Waals surface area contributed by atoms with Gasteiger partial charge in [-0.25, -0.2) is 23.1 Å². The summed E-state index contributed by atoms with van der Waals surface area (Å²) in [6, 6.07) is 4.84. The van der Waals surface area contributed by atoms with Crippen LogP contribution in [0, 0.1) is 18.7 Å². The van der Waals surface area contributed by atoms with E-state index < -0.39 is 24.3 Å². The largest absolute Gasteiger partial charge is 0.492 e. The lowest BCUT2D eigenvalue weighted by Gasteiger charge is -2.25. The number of hydrogen-bond donors (Lipinski definition) is 1. The average molecular weight is 569 g/mol. The molecule has 4 heterocycles. The second-order valence-electron chi connectivity index (χ2n) is 10.7. The van der Waals surface area contributed by atoms with Crippen molar-refractivity contribution in [2.75, 3.05) is 19.0 Å². The van der Waals surface area contributed by atoms with Crippen LogP contribution in [0.3, 0.4) is 0 Å². The maximum Gasteiger partial charge on any atom is 0.295 e. The van der Waals surface area contributed by atoms with E-state index in [4.69, 9.17) is 9.47 Å². The normalized spacial score (nSPS) is 17.4. The van der Waals surface area contributed by atoms with E-state index in [9.17, 15) is 13.6 Å². The standard InChI is InChI=1S/C29H31F3N6O3/c1-15-14-37(2)36-24(15)18-9-10-19(26(40-3)23(18)30)34-20-12-17(13-21(39)16-7-8-16)33-28-25(20)35-29(27(31)32)38(28)22-6-4-5-11-41-22/h9-10,12,14,16,22,27H,4-8,11,13H2,1-3H3,(H,33,34). The fraction of sp³-hybridized carbons (Fsp3) is 0.448. The van der Waals surface area contributed by atoms with E-state index in [1.54, 1.807) is 36.1 Å². The van der Waals surface area contributed by atoms with Crippen LogP contribution in [0.2, 0.25) is 0 Å². The Bertz CT molecular complexity index is 1620. The minimum absolute atomic E-state index is 0.00362. The molecule has 2 aliphatic rings. The van der Waals surface area contributed by atoms with Crippen LogP contribution in [0.5, 0.6) is 5.75 Å². The lowest BCUT2D eigenvalue weighted by atomic mass is 10.1. The van der Waals surface area contributed by atoms with Crippen molar-refractivity contribution < 1.29 is 27.4 Å². The second kappa shape index (κ2) is 10.8. The van der Waals surface area contributed by atoms with E-state index in [-0.39, 0.29) is 46.3 Å². The van der Waals surface area contributed by atoms with Crippen LogP contribution >= 0.6 is 0 Å². The molecule has 0 spiro atoms. The molecule has 2 fully saturated rings. The molecule has 1 N–H and O–H groups in total. The Hall–Kier alpha value is -3.93. The molecule has 41 heavy (non-hydrogen) atoms. The first-order valence-electron chi connectivity index (χ1n) is 13.7. The molecule has 0 amide bonds. The molecule has 9 nitrogen and oxygen atoms in total. The Balaban J connectivity index is 1.48. The summed E-state index contributed by atoms with van der Waals surface area (Å²) in [5.74, 6) is -1.10. The van der Waals surface area contributed by atoms with E-state index in [0.717, 1.165) is 31.2 Å². The fourth-order valence-corrected chi connectivity index (χ4v) is 5.47. The summed E-state index contributed by atoms with van der Waals surface area (Å²) in [6.07, 6.45) is 2.19. The van der Waals surface area contributed by atoms with E-state index in [1.807, 2.05) is 6.92 Å². The van der Waals surface area contributed by atoms with Crippen molar-refractivity contribution in [2.24, 2.45) is 13.0 Å². The van der Waals surface area contributed by atoms with Gasteiger partial charge < -0.3 is 14.8 Å². The summed E-state index contributed by atoms with van der Waals surface area (Å²) in [5, 5.41) is 7.51. The van der Waals surface area contributed by atoms with Crippen molar-refractivity contribution in [1.82, 2.24) is 24.3 Å². The number of Topliss-reactive ketones (excluding diaryl/α,β-unsaturated/α-hetero) is 1. The highest BCUT2D eigenvalue weighted by molar-refractivity contribution is 5.92. The summed E-state index contributed by atoms with van der Waals surface area (Å²) in [6.45, 7) is 2.28. The first-order chi connectivity index (χ1) is 19.7. The Morgan fingerprint density at radius 2 is 2.00 bits per heavy atom. The second-order valence-corrected chi connectivity index (χ2v) is 10.7. The average Bonchev–Trinajstić information content (AvgIpc) is 3.65. The third-order valence-corrected chi connectivity index (χ3v) is 7.59. The third-order valence-electron chi connectivity index (χ3n) is 7.59. The number of pyridine rings is 1. The third kappa shape index (κ3) is 5.16. The zero-order valence-electron chi connectivity index (χ0n) is 23.1. The highest BCUT2D eigenvalue weighted by Gasteiger charge is 2.32. The Morgan fingerprint density at radius 1 is 1.20 bits per heavy atom. The van der Waals surface area contributed by atoms with Gasteiger partial charge in [0.1, 0.15) is 17.5 Å². The van der Waals surface area contributed by atoms with Gasteiger partial charge in [-0.15, -0.1) is 0 Å². The van der Waals surface area contributed by atoms with E-state index in [2.05, 4.69) is 20.4 Å². The SMILES string of the molecule is COc1c(Nc2cc(CC(=O)C3CC3)nc3c2nc(C(F)F)n3C2CCCCO2)ccc(-c2nn(C)cc2C)c1F. The van der Waals surface area contributed by atoms with E-state index in [0.29, 0.717) is 30.1 Å². The maximum atomic E-state index is 15.8. The minimum atomic E-state index is -2.88. The number of carbonyl (C=O) groups excluding carboxylic acids is 1. The van der Waals surface area contributed by atoms with Gasteiger partial charge in [0.2, 0.25) is 0 Å². The molecule has 6 rings (SSSR count). The minimum Gasteiger partial charge on any atom is -0.492 e. The number of hydrogen-bond acceptors (Lipinski definition) is 7. The number of fused-ring (bicyclic) bond motifs is 1. The van der Waals surface area contributed by atoms with E-state index >= 15 is 4.39 Å². The first-order valence-corrected chi connectivity index (χ1v) is 13.7. The molecule has 3 aromatic heterocycles. The predicted octanol–water partition coefficient (Wildman–Crippen LogP) is 6.19. The van der Waals surface area contributed by atoms with Crippen molar-refractivity contribution in [1.29, 1.82) is 0 Å². The molecule has 1 aromatic carbocycles. The topological polar surface area (TPSA) is 96.1 Å². The number of imidazole rings is 1. The van der Waals surface area contributed by atoms with Gasteiger partial charge in [-0.1, -0.05) is 0 Å². The summed E-state index contributed by atoms with van der Waals surface area (Å²) in [7, 11) is 3.11. The van der Waals surface area contributed by atoms with Crippen LogP contribution in [0.25, 0.3) is 22.4 Å². The summed E-state index contributed by atoms with van der Waals surface area (Å²) < 4.78 is 58.6. The number of benzene rings is 1. The van der Waals surface area contributed by atoms with Crippen molar-refractivity contribution in [3.05, 3.63) is 47.3 Å². The number of aromatic nitrogens is 5. The fourth-order valence-electron chi connectivity index (χ4n) is 5.47. The number of methoxy groups -OCH3 is 1. The molecule has 12 heteroatoms. The molecule has 1 saturated heterocycles. The zero-order chi connectivity index (χ0) is 28.8. The number of anilines is 2. The number of alkyl halides is 2. The Labute approximate surface area is 234 Å². The van der Waals surface area contributed by atoms with Crippen LogP contribution in [-0.2, 0) is 23.0 Å². The van der Waals surface area contributed by atoms with Gasteiger partial charge in [0, 0.05) is 37.8 Å². The molecular formula is C29H31F3N6O3. The van der Waals surface area contributed by atoms with Gasteiger partial charge in [0.25, 0.3) is 6.43 Å². The summed E-state index contributed by atoms with van der Waals surface area (Å²) >= 11 is 0. The number of ketones is 1. The molecule has 1 aliphatic carbocycles. The number of nitrogens with zero attached hydrogens (tertiary/aromatic N) is 5. The summed E-state index contributed by atoms with van der Waals surface area (Å²) in [4.78, 5) is 21.6. The van der Waals surface area contributed by atoms with Gasteiger partial charge in [-0.2, -0.15) is 5.10 Å². The molecule has 0 radical (unpaired) electrons. The van der Waals surface area contributed by atoms with Crippen LogP contribution < -0.4 is 10.1 Å². The smallest absolute Gasteiger partial charge is 0.295 e. The molecular weight excluding hydrogens is 537 g/mol. The number of carbonyl (C=O) groups is 1. The number of halogens is 3. The predicted molar refractivity (Wildman–Crippen MR) is 146 cm³/mol. The van der Waals surface area contributed by atoms with Crippen molar-refractivity contribution in [3.8, 4) is 17.0 Å². The lowest BCUT2D eigenvalue weighted by Crippen LogP contribution is -2.21. The molecule has 4 aromatic rings. The summed E-state index contributed by atoms with van der Waals surface area (Å²) in [5.41, 5.74) is 2.88. The van der Waals surface area contributed by atoms with Gasteiger partial charge in [-0.3, -0.25) is 14.0 Å². The van der Waals surface area contributed by atoms with Crippen molar-refractivity contribution in [2.45, 2.75) is 58.1 Å². The zero-order valence-corrected chi connectivity index (χ0v) is 23.1. The molecule has 1 unspecified atom stereocenters. The quantitative estimate of drug-likeness (QED) is 0.257. The lowest BCUT2D eigenvalue weighted by molar-refractivity contribution is -0.119. The van der Waals surface area contributed by atoms with Crippen LogP contribution in [0.4, 0.5) is 24.5 Å². The molecule has 0 bridgehead atoms. The van der Waals surface area contributed by atoms with Gasteiger partial charge in [-0.05, 0) is 62.8 Å². The number of aryl methyl sites for hydroxylation is 2. The Morgan fingerprint density at radius 3 is 2.63 bits per heavy atom. The van der Waals surface area contributed by atoms with Gasteiger partial charge in [0.05, 0.1) is 29.9 Å². The van der Waals surface area contributed by atoms with E-state index in [1.165, 1.54) is 11.7 Å². The molecule has 1 aliphatic heterocycles. The van der Waals surface area contributed by atoms with Gasteiger partial charge in [0.15, 0.2) is 23.0 Å². The first kappa shape index (κ1) is 27.3. The number of nitrogens with one attached hydrogen (secondary N) is 1. The van der Waals surface area contributed by atoms with Gasteiger partial charge >= 0.3 is 0 Å². The van der Waals surface area contributed by atoms with Crippen molar-refractivity contribution >= 4 is 28.3 Å². The number of ether oxygens (including phenoxy) is 2. The van der Waals surface area contributed by atoms with Crippen molar-refractivity contribution in [3.63, 3.8) is 0 Å². The van der Waals surface area contributed by atoms with Crippen LogP contribution in [0.1, 0.15) is 61.8 Å². The molecule has 1 atom stereocenters. The maximum absolute atomic E-state index is 15.8.